The van der Waals surface area contributed by atoms with Crippen molar-refractivity contribution in [2.24, 2.45) is 0 Å². The van der Waals surface area contributed by atoms with Crippen LogP contribution in [0.2, 0.25) is 0 Å². The van der Waals surface area contributed by atoms with Crippen molar-refractivity contribution in [3.05, 3.63) is 17.0 Å². The first-order chi connectivity index (χ1) is 6.95. The molecule has 1 fully saturated rings. The summed E-state index contributed by atoms with van der Waals surface area (Å²) in [6, 6.07) is 0. The second kappa shape index (κ2) is 3.37. The molecule has 0 amide bonds. The second-order valence-corrected chi connectivity index (χ2v) is 3.99. The maximum atomic E-state index is 5.66. The van der Waals surface area contributed by atoms with Crippen molar-refractivity contribution >= 4 is 0 Å². The van der Waals surface area contributed by atoms with Crippen LogP contribution in [0.1, 0.15) is 35.9 Å². The van der Waals surface area contributed by atoms with Gasteiger partial charge >= 0.3 is 0 Å². The van der Waals surface area contributed by atoms with Crippen LogP contribution in [-0.4, -0.2) is 23.3 Å². The Labute approximate surface area is 83.0 Å². The van der Waals surface area contributed by atoms with Crippen molar-refractivity contribution < 1.29 is 4.74 Å². The van der Waals surface area contributed by atoms with E-state index in [9.17, 15) is 0 Å². The lowest BCUT2D eigenvalue weighted by Gasteiger charge is -2.14. The van der Waals surface area contributed by atoms with Crippen molar-refractivity contribution in [1.29, 1.82) is 0 Å². The molecular formula is C10H15N3O. The Morgan fingerprint density at radius 1 is 1.43 bits per heavy atom. The van der Waals surface area contributed by atoms with E-state index in [0.717, 1.165) is 32.5 Å². The second-order valence-electron chi connectivity index (χ2n) is 3.99. The van der Waals surface area contributed by atoms with E-state index in [-0.39, 0.29) is 6.10 Å². The van der Waals surface area contributed by atoms with Gasteiger partial charge in [-0.3, -0.25) is 5.10 Å². The molecule has 1 saturated heterocycles. The number of aromatic amines is 1. The predicted octanol–water partition coefficient (Wildman–Crippen LogP) is 0.907. The summed E-state index contributed by atoms with van der Waals surface area (Å²) in [7, 11) is 0. The lowest BCUT2D eigenvalue weighted by molar-refractivity contribution is 0.108. The number of rotatable bonds is 1. The molecule has 0 bridgehead atoms. The van der Waals surface area contributed by atoms with E-state index < -0.39 is 0 Å². The van der Waals surface area contributed by atoms with Gasteiger partial charge in [0, 0.05) is 18.7 Å². The molecule has 2 aliphatic heterocycles. The third-order valence-corrected chi connectivity index (χ3v) is 3.07. The van der Waals surface area contributed by atoms with E-state index in [0.29, 0.717) is 0 Å². The molecular weight excluding hydrogens is 178 g/mol. The molecule has 0 aliphatic carbocycles. The highest BCUT2D eigenvalue weighted by Crippen LogP contribution is 2.31. The number of hydrogen-bond donors (Lipinski definition) is 2. The van der Waals surface area contributed by atoms with Gasteiger partial charge in [-0.15, -0.1) is 0 Å². The van der Waals surface area contributed by atoms with Crippen molar-refractivity contribution in [2.45, 2.75) is 31.9 Å². The highest BCUT2D eigenvalue weighted by molar-refractivity contribution is 5.29. The first-order valence-electron chi connectivity index (χ1n) is 5.33. The maximum absolute atomic E-state index is 5.66. The van der Waals surface area contributed by atoms with Crippen LogP contribution >= 0.6 is 0 Å². The first kappa shape index (κ1) is 8.44. The number of hydrogen-bond acceptors (Lipinski definition) is 3. The average Bonchev–Trinajstić information content (AvgIpc) is 2.85. The lowest BCUT2D eigenvalue weighted by atomic mass is 10.0. The van der Waals surface area contributed by atoms with Crippen molar-refractivity contribution in [3.8, 4) is 0 Å². The SMILES string of the molecule is C1COC(c2n[nH]c3c2CCNC3)C1. The van der Waals surface area contributed by atoms with Gasteiger partial charge in [-0.2, -0.15) is 5.10 Å². The summed E-state index contributed by atoms with van der Waals surface area (Å²) in [5.41, 5.74) is 3.82. The molecule has 2 aliphatic rings. The third kappa shape index (κ3) is 1.26. The van der Waals surface area contributed by atoms with Crippen LogP contribution in [0.5, 0.6) is 0 Å². The molecule has 2 N–H and O–H groups in total. The zero-order valence-corrected chi connectivity index (χ0v) is 8.18. The maximum Gasteiger partial charge on any atom is 0.102 e. The summed E-state index contributed by atoms with van der Waals surface area (Å²) < 4.78 is 5.66. The van der Waals surface area contributed by atoms with Crippen LogP contribution in [0.25, 0.3) is 0 Å². The normalized spacial score (nSPS) is 26.4. The van der Waals surface area contributed by atoms with Crippen molar-refractivity contribution in [2.75, 3.05) is 13.2 Å². The summed E-state index contributed by atoms with van der Waals surface area (Å²) in [6.45, 7) is 2.88. The van der Waals surface area contributed by atoms with Crippen LogP contribution in [-0.2, 0) is 17.7 Å². The van der Waals surface area contributed by atoms with Gasteiger partial charge in [-0.05, 0) is 25.8 Å². The summed E-state index contributed by atoms with van der Waals surface area (Å²) in [4.78, 5) is 0. The molecule has 1 atom stereocenters. The van der Waals surface area contributed by atoms with E-state index in [4.69, 9.17) is 4.74 Å². The van der Waals surface area contributed by atoms with E-state index in [1.165, 1.54) is 23.4 Å². The van der Waals surface area contributed by atoms with Gasteiger partial charge in [0.1, 0.15) is 6.10 Å². The summed E-state index contributed by atoms with van der Waals surface area (Å²) in [6.07, 6.45) is 3.64. The van der Waals surface area contributed by atoms with Gasteiger partial charge in [0.15, 0.2) is 0 Å². The van der Waals surface area contributed by atoms with Gasteiger partial charge in [0.05, 0.1) is 11.4 Å². The monoisotopic (exact) mass is 193 g/mol. The van der Waals surface area contributed by atoms with Gasteiger partial charge < -0.3 is 10.1 Å². The molecule has 3 heterocycles. The summed E-state index contributed by atoms with van der Waals surface area (Å²) in [5, 5.41) is 10.8. The first-order valence-corrected chi connectivity index (χ1v) is 5.33. The number of aromatic nitrogens is 2. The quantitative estimate of drug-likeness (QED) is 0.697. The van der Waals surface area contributed by atoms with E-state index in [1.807, 2.05) is 0 Å². The number of fused-ring (bicyclic) bond motifs is 1. The number of nitrogens with zero attached hydrogens (tertiary/aromatic N) is 1. The molecule has 4 heteroatoms. The fourth-order valence-electron chi connectivity index (χ4n) is 2.33. The van der Waals surface area contributed by atoms with Gasteiger partial charge in [0.25, 0.3) is 0 Å². The topological polar surface area (TPSA) is 49.9 Å². The van der Waals surface area contributed by atoms with Crippen molar-refractivity contribution in [1.82, 2.24) is 15.5 Å². The molecule has 0 spiro atoms. The molecule has 14 heavy (non-hydrogen) atoms. The fraction of sp³-hybridized carbons (Fsp3) is 0.700. The third-order valence-electron chi connectivity index (χ3n) is 3.07. The molecule has 1 unspecified atom stereocenters. The molecule has 3 rings (SSSR count). The largest absolute Gasteiger partial charge is 0.372 e. The predicted molar refractivity (Wildman–Crippen MR) is 51.9 cm³/mol. The number of ether oxygens (including phenoxy) is 1. The summed E-state index contributed by atoms with van der Waals surface area (Å²) in [5.74, 6) is 0. The van der Waals surface area contributed by atoms with Crippen LogP contribution in [0.4, 0.5) is 0 Å². The van der Waals surface area contributed by atoms with Crippen LogP contribution in [0.15, 0.2) is 0 Å². The van der Waals surface area contributed by atoms with Crippen LogP contribution < -0.4 is 5.32 Å². The molecule has 0 saturated carbocycles. The molecule has 1 aromatic heterocycles. The average molecular weight is 193 g/mol. The van der Waals surface area contributed by atoms with Crippen LogP contribution in [0, 0.1) is 0 Å². The van der Waals surface area contributed by atoms with Gasteiger partial charge in [0.2, 0.25) is 0 Å². The Morgan fingerprint density at radius 2 is 2.43 bits per heavy atom. The molecule has 0 radical (unpaired) electrons. The molecule has 4 nitrogen and oxygen atoms in total. The Kier molecular flexibility index (Phi) is 2.03. The number of nitrogens with one attached hydrogen (secondary N) is 2. The zero-order valence-electron chi connectivity index (χ0n) is 8.18. The Bertz CT molecular complexity index is 328. The van der Waals surface area contributed by atoms with Gasteiger partial charge in [-0.25, -0.2) is 0 Å². The van der Waals surface area contributed by atoms with Crippen molar-refractivity contribution in [3.63, 3.8) is 0 Å². The lowest BCUT2D eigenvalue weighted by Crippen LogP contribution is -2.23. The molecule has 76 valence electrons. The minimum atomic E-state index is 0.257. The van der Waals surface area contributed by atoms with E-state index >= 15 is 0 Å². The number of H-pyrrole nitrogens is 1. The van der Waals surface area contributed by atoms with Crippen LogP contribution in [0.3, 0.4) is 0 Å². The standard InChI is InChI=1S/C10H15N3O/c1-2-9(14-5-1)10-7-3-4-11-6-8(7)12-13-10/h9,11H,1-6H2,(H,12,13). The Balaban J connectivity index is 1.93. The van der Waals surface area contributed by atoms with Gasteiger partial charge in [-0.1, -0.05) is 0 Å². The molecule has 0 aromatic carbocycles. The zero-order chi connectivity index (χ0) is 9.38. The van der Waals surface area contributed by atoms with E-state index in [1.54, 1.807) is 0 Å². The van der Waals surface area contributed by atoms with E-state index in [2.05, 4.69) is 15.5 Å². The Hall–Kier alpha value is -0.870. The minimum absolute atomic E-state index is 0.257. The minimum Gasteiger partial charge on any atom is -0.372 e. The smallest absolute Gasteiger partial charge is 0.102 e. The summed E-state index contributed by atoms with van der Waals surface area (Å²) >= 11 is 0. The highest BCUT2D eigenvalue weighted by atomic mass is 16.5. The molecule has 1 aromatic rings. The Morgan fingerprint density at radius 3 is 3.29 bits per heavy atom. The fourth-order valence-corrected chi connectivity index (χ4v) is 2.33. The highest BCUT2D eigenvalue weighted by Gasteiger charge is 2.26.